The second-order valence-electron chi connectivity index (χ2n) is 6.43. The van der Waals surface area contributed by atoms with Gasteiger partial charge in [0.25, 0.3) is 0 Å². The Labute approximate surface area is 132 Å². The van der Waals surface area contributed by atoms with E-state index in [-0.39, 0.29) is 6.03 Å². The van der Waals surface area contributed by atoms with Crippen LogP contribution in [0.1, 0.15) is 50.6 Å². The van der Waals surface area contributed by atoms with Gasteiger partial charge >= 0.3 is 6.03 Å². The predicted molar refractivity (Wildman–Crippen MR) is 89.4 cm³/mol. The maximum absolute atomic E-state index is 12.1. The van der Waals surface area contributed by atoms with Crippen LogP contribution in [0.4, 0.5) is 16.3 Å². The first-order chi connectivity index (χ1) is 10.7. The van der Waals surface area contributed by atoms with Crippen molar-refractivity contribution >= 4 is 17.5 Å². The van der Waals surface area contributed by atoms with Crippen LogP contribution in [0.25, 0.3) is 0 Å². The van der Waals surface area contributed by atoms with Gasteiger partial charge in [0.05, 0.1) is 11.4 Å². The fraction of sp³-hybridized carbons (Fsp3) is 0.647. The number of rotatable bonds is 3. The highest BCUT2D eigenvalue weighted by atomic mass is 16.2. The number of hydrogen-bond acceptors (Lipinski definition) is 3. The maximum atomic E-state index is 12.1. The summed E-state index contributed by atoms with van der Waals surface area (Å²) < 4.78 is 0. The van der Waals surface area contributed by atoms with Gasteiger partial charge in [-0.2, -0.15) is 0 Å². The van der Waals surface area contributed by atoms with Gasteiger partial charge in [-0.05, 0) is 44.7 Å². The van der Waals surface area contributed by atoms with E-state index in [2.05, 4.69) is 20.5 Å². The number of urea groups is 1. The van der Waals surface area contributed by atoms with Crippen molar-refractivity contribution < 1.29 is 4.79 Å². The van der Waals surface area contributed by atoms with E-state index in [1.165, 1.54) is 32.1 Å². The first-order valence-corrected chi connectivity index (χ1v) is 8.52. The molecule has 0 bridgehead atoms. The van der Waals surface area contributed by atoms with E-state index in [0.717, 1.165) is 43.1 Å². The van der Waals surface area contributed by atoms with Crippen molar-refractivity contribution in [2.75, 3.05) is 23.3 Å². The molecule has 2 fully saturated rings. The molecule has 0 unspecified atom stereocenters. The van der Waals surface area contributed by atoms with Crippen molar-refractivity contribution in [3.8, 4) is 0 Å². The van der Waals surface area contributed by atoms with E-state index in [1.807, 2.05) is 19.1 Å². The minimum atomic E-state index is -0.106. The zero-order chi connectivity index (χ0) is 15.4. The van der Waals surface area contributed by atoms with Crippen LogP contribution < -0.4 is 15.5 Å². The zero-order valence-corrected chi connectivity index (χ0v) is 13.4. The first-order valence-electron chi connectivity index (χ1n) is 8.52. The van der Waals surface area contributed by atoms with E-state index < -0.39 is 0 Å². The van der Waals surface area contributed by atoms with Crippen LogP contribution in [0.15, 0.2) is 12.1 Å². The molecular weight excluding hydrogens is 276 g/mol. The van der Waals surface area contributed by atoms with Crippen molar-refractivity contribution in [2.24, 2.45) is 0 Å². The van der Waals surface area contributed by atoms with Gasteiger partial charge in [0.1, 0.15) is 5.82 Å². The fourth-order valence-electron chi connectivity index (χ4n) is 3.39. The normalized spacial score (nSPS) is 19.2. The molecule has 120 valence electrons. The second-order valence-corrected chi connectivity index (χ2v) is 6.43. The summed E-state index contributed by atoms with van der Waals surface area (Å²) in [4.78, 5) is 19.1. The fourth-order valence-corrected chi connectivity index (χ4v) is 3.39. The molecule has 1 saturated heterocycles. The Morgan fingerprint density at radius 3 is 2.55 bits per heavy atom. The molecule has 1 saturated carbocycles. The minimum Gasteiger partial charge on any atom is -0.357 e. The van der Waals surface area contributed by atoms with Gasteiger partial charge in [-0.15, -0.1) is 0 Å². The number of carbonyl (C=O) groups is 1. The molecule has 1 aliphatic heterocycles. The Balaban J connectivity index is 1.58. The SMILES string of the molecule is Cc1nc(N2CCCC2)ccc1NC(=O)NC1CCCCC1. The van der Waals surface area contributed by atoms with Crippen molar-refractivity contribution in [1.29, 1.82) is 0 Å². The van der Waals surface area contributed by atoms with Crippen molar-refractivity contribution in [1.82, 2.24) is 10.3 Å². The molecule has 0 spiro atoms. The van der Waals surface area contributed by atoms with Crippen molar-refractivity contribution in [3.05, 3.63) is 17.8 Å². The maximum Gasteiger partial charge on any atom is 0.319 e. The van der Waals surface area contributed by atoms with Gasteiger partial charge < -0.3 is 15.5 Å². The highest BCUT2D eigenvalue weighted by Crippen LogP contribution is 2.22. The first kappa shape index (κ1) is 15.1. The van der Waals surface area contributed by atoms with Crippen LogP contribution in [0.2, 0.25) is 0 Å². The molecule has 0 atom stereocenters. The lowest BCUT2D eigenvalue weighted by atomic mass is 9.96. The summed E-state index contributed by atoms with van der Waals surface area (Å²) in [6.45, 7) is 4.12. The van der Waals surface area contributed by atoms with Crippen LogP contribution >= 0.6 is 0 Å². The average Bonchev–Trinajstić information content (AvgIpc) is 3.04. The molecular formula is C17H26N4O. The number of aromatic nitrogens is 1. The highest BCUT2D eigenvalue weighted by molar-refractivity contribution is 5.90. The lowest BCUT2D eigenvalue weighted by Gasteiger charge is -2.23. The molecule has 22 heavy (non-hydrogen) atoms. The van der Waals surface area contributed by atoms with Crippen LogP contribution in [-0.2, 0) is 0 Å². The Morgan fingerprint density at radius 2 is 1.86 bits per heavy atom. The van der Waals surface area contributed by atoms with Crippen LogP contribution in [0.3, 0.4) is 0 Å². The lowest BCUT2D eigenvalue weighted by Crippen LogP contribution is -2.39. The summed E-state index contributed by atoms with van der Waals surface area (Å²) in [6, 6.07) is 4.20. The Morgan fingerprint density at radius 1 is 1.14 bits per heavy atom. The summed E-state index contributed by atoms with van der Waals surface area (Å²) in [5, 5.41) is 6.02. The van der Waals surface area contributed by atoms with E-state index in [9.17, 15) is 4.79 Å². The van der Waals surface area contributed by atoms with Gasteiger partial charge in [0.2, 0.25) is 0 Å². The summed E-state index contributed by atoms with van der Waals surface area (Å²) in [7, 11) is 0. The molecule has 2 N–H and O–H groups in total. The van der Waals surface area contributed by atoms with Crippen LogP contribution in [0.5, 0.6) is 0 Å². The molecule has 5 nitrogen and oxygen atoms in total. The smallest absolute Gasteiger partial charge is 0.319 e. The summed E-state index contributed by atoms with van der Waals surface area (Å²) in [5.74, 6) is 1.02. The van der Waals surface area contributed by atoms with Crippen LogP contribution in [0, 0.1) is 6.92 Å². The molecule has 1 aliphatic carbocycles. The standard InChI is InChI=1S/C17H26N4O/c1-13-15(9-10-16(18-13)21-11-5-6-12-21)20-17(22)19-14-7-3-2-4-8-14/h9-10,14H,2-8,11-12H2,1H3,(H2,19,20,22). The number of amides is 2. The topological polar surface area (TPSA) is 57.3 Å². The molecule has 2 heterocycles. The predicted octanol–water partition coefficient (Wildman–Crippen LogP) is 3.44. The number of carbonyl (C=O) groups excluding carboxylic acids is 1. The summed E-state index contributed by atoms with van der Waals surface area (Å²) >= 11 is 0. The molecule has 3 rings (SSSR count). The van der Waals surface area contributed by atoms with Gasteiger partial charge in [-0.1, -0.05) is 19.3 Å². The number of nitrogens with zero attached hydrogens (tertiary/aromatic N) is 2. The van der Waals surface area contributed by atoms with Gasteiger partial charge in [-0.25, -0.2) is 9.78 Å². The average molecular weight is 302 g/mol. The number of anilines is 2. The minimum absolute atomic E-state index is 0.106. The molecule has 0 radical (unpaired) electrons. The van der Waals surface area contributed by atoms with Gasteiger partial charge in [0.15, 0.2) is 0 Å². The molecule has 0 aromatic carbocycles. The molecule has 2 aliphatic rings. The van der Waals surface area contributed by atoms with E-state index in [0.29, 0.717) is 6.04 Å². The third kappa shape index (κ3) is 3.70. The summed E-state index contributed by atoms with van der Waals surface area (Å²) in [6.07, 6.45) is 8.40. The van der Waals surface area contributed by atoms with Gasteiger partial charge in [0, 0.05) is 19.1 Å². The number of nitrogens with one attached hydrogen (secondary N) is 2. The number of aryl methyl sites for hydroxylation is 1. The summed E-state index contributed by atoms with van der Waals surface area (Å²) in [5.41, 5.74) is 1.68. The molecule has 1 aromatic rings. The van der Waals surface area contributed by atoms with Crippen molar-refractivity contribution in [3.63, 3.8) is 0 Å². The Kier molecular flexibility index (Phi) is 4.80. The number of pyridine rings is 1. The van der Waals surface area contributed by atoms with E-state index in [1.54, 1.807) is 0 Å². The monoisotopic (exact) mass is 302 g/mol. The zero-order valence-electron chi connectivity index (χ0n) is 13.4. The largest absolute Gasteiger partial charge is 0.357 e. The lowest BCUT2D eigenvalue weighted by molar-refractivity contribution is 0.244. The second kappa shape index (κ2) is 6.99. The quantitative estimate of drug-likeness (QED) is 0.899. The highest BCUT2D eigenvalue weighted by Gasteiger charge is 2.17. The number of hydrogen-bond donors (Lipinski definition) is 2. The molecule has 1 aromatic heterocycles. The third-order valence-corrected chi connectivity index (χ3v) is 4.69. The Bertz CT molecular complexity index is 519. The molecule has 2 amide bonds. The Hall–Kier alpha value is -1.78. The van der Waals surface area contributed by atoms with E-state index in [4.69, 9.17) is 0 Å². The van der Waals surface area contributed by atoms with Gasteiger partial charge in [-0.3, -0.25) is 0 Å². The van der Waals surface area contributed by atoms with E-state index >= 15 is 0 Å². The van der Waals surface area contributed by atoms with Crippen molar-refractivity contribution in [2.45, 2.75) is 57.9 Å². The molecule has 5 heteroatoms. The third-order valence-electron chi connectivity index (χ3n) is 4.69. The van der Waals surface area contributed by atoms with Crippen LogP contribution in [-0.4, -0.2) is 30.1 Å².